The minimum absolute atomic E-state index is 0.180. The summed E-state index contributed by atoms with van der Waals surface area (Å²) in [5, 5.41) is 5.10. The topological polar surface area (TPSA) is 59.6 Å². The summed E-state index contributed by atoms with van der Waals surface area (Å²) in [5.74, 6) is -0.682. The van der Waals surface area contributed by atoms with Crippen molar-refractivity contribution in [3.05, 3.63) is 53.6 Å². The van der Waals surface area contributed by atoms with Gasteiger partial charge in [-0.25, -0.2) is 13.6 Å². The molecule has 2 N–H and O–H groups in total. The Labute approximate surface area is 144 Å². The van der Waals surface area contributed by atoms with Crippen LogP contribution in [0.2, 0.25) is 0 Å². The highest BCUT2D eigenvalue weighted by Gasteiger charge is 2.07. The van der Waals surface area contributed by atoms with Crippen LogP contribution in [-0.4, -0.2) is 26.3 Å². The number of ether oxygens (including phenoxy) is 2. The number of nitrogens with one attached hydrogen (secondary N) is 2. The van der Waals surface area contributed by atoms with Gasteiger partial charge in [0, 0.05) is 18.3 Å². The molecule has 0 aliphatic heterocycles. The van der Waals surface area contributed by atoms with Gasteiger partial charge >= 0.3 is 6.03 Å². The molecule has 0 heterocycles. The zero-order chi connectivity index (χ0) is 18.2. The lowest BCUT2D eigenvalue weighted by molar-refractivity contribution is 0.252. The van der Waals surface area contributed by atoms with Crippen LogP contribution in [0, 0.1) is 11.6 Å². The monoisotopic (exact) mass is 350 g/mol. The van der Waals surface area contributed by atoms with E-state index in [1.54, 1.807) is 7.11 Å². The van der Waals surface area contributed by atoms with Crippen LogP contribution in [0.25, 0.3) is 0 Å². The van der Waals surface area contributed by atoms with E-state index < -0.39 is 17.7 Å². The second-order valence-corrected chi connectivity index (χ2v) is 5.18. The molecule has 0 atom stereocenters. The highest BCUT2D eigenvalue weighted by Crippen LogP contribution is 2.28. The van der Waals surface area contributed by atoms with Crippen molar-refractivity contribution >= 4 is 11.7 Å². The number of methoxy groups -OCH3 is 1. The van der Waals surface area contributed by atoms with E-state index in [0.29, 0.717) is 31.1 Å². The standard InChI is InChI=1S/C18H20F2N2O3/c1-3-25-16-7-4-12(10-17(16)24-2)8-9-21-18(23)22-13-5-6-14(19)15(20)11-13/h4-7,10-11H,3,8-9H2,1-2H3,(H2,21,22,23). The van der Waals surface area contributed by atoms with Gasteiger partial charge in [0.15, 0.2) is 23.1 Å². The molecule has 0 fully saturated rings. The Kier molecular flexibility index (Phi) is 6.56. The molecular weight excluding hydrogens is 330 g/mol. The van der Waals surface area contributed by atoms with E-state index in [2.05, 4.69) is 10.6 Å². The fraction of sp³-hybridized carbons (Fsp3) is 0.278. The minimum atomic E-state index is -1.01. The van der Waals surface area contributed by atoms with E-state index in [1.807, 2.05) is 25.1 Å². The predicted molar refractivity (Wildman–Crippen MR) is 91.2 cm³/mol. The first-order valence-electron chi connectivity index (χ1n) is 7.83. The van der Waals surface area contributed by atoms with Gasteiger partial charge in [-0.15, -0.1) is 0 Å². The molecular formula is C18H20F2N2O3. The molecule has 134 valence electrons. The van der Waals surface area contributed by atoms with Gasteiger partial charge in [0.25, 0.3) is 0 Å². The largest absolute Gasteiger partial charge is 0.493 e. The molecule has 0 aromatic heterocycles. The molecule has 0 saturated heterocycles. The Bertz CT molecular complexity index is 738. The highest BCUT2D eigenvalue weighted by molar-refractivity contribution is 5.89. The van der Waals surface area contributed by atoms with Crippen LogP contribution in [0.4, 0.5) is 19.3 Å². The molecule has 0 spiro atoms. The maximum atomic E-state index is 13.1. The normalized spacial score (nSPS) is 10.2. The van der Waals surface area contributed by atoms with Gasteiger partial charge in [-0.3, -0.25) is 0 Å². The zero-order valence-electron chi connectivity index (χ0n) is 14.1. The number of amides is 2. The van der Waals surface area contributed by atoms with Gasteiger partial charge in [-0.2, -0.15) is 0 Å². The maximum absolute atomic E-state index is 13.1. The second kappa shape index (κ2) is 8.86. The van der Waals surface area contributed by atoms with E-state index in [1.165, 1.54) is 6.07 Å². The number of benzene rings is 2. The third-order valence-electron chi connectivity index (χ3n) is 3.40. The molecule has 2 amide bonds. The van der Waals surface area contributed by atoms with Crippen LogP contribution in [0.5, 0.6) is 11.5 Å². The van der Waals surface area contributed by atoms with Crippen LogP contribution in [0.3, 0.4) is 0 Å². The van der Waals surface area contributed by atoms with Gasteiger partial charge in [0.05, 0.1) is 13.7 Å². The summed E-state index contributed by atoms with van der Waals surface area (Å²) in [6.07, 6.45) is 0.577. The van der Waals surface area contributed by atoms with Crippen molar-refractivity contribution in [1.29, 1.82) is 0 Å². The average molecular weight is 350 g/mol. The predicted octanol–water partition coefficient (Wildman–Crippen LogP) is 3.74. The molecule has 2 aromatic carbocycles. The molecule has 0 radical (unpaired) electrons. The summed E-state index contributed by atoms with van der Waals surface area (Å²) in [6, 6.07) is 8.23. The summed E-state index contributed by atoms with van der Waals surface area (Å²) >= 11 is 0. The van der Waals surface area contributed by atoms with Gasteiger partial charge in [-0.1, -0.05) is 6.07 Å². The lowest BCUT2D eigenvalue weighted by atomic mass is 10.1. The van der Waals surface area contributed by atoms with Crippen molar-refractivity contribution in [3.63, 3.8) is 0 Å². The molecule has 0 aliphatic carbocycles. The van der Waals surface area contributed by atoms with E-state index in [0.717, 1.165) is 17.7 Å². The SMILES string of the molecule is CCOc1ccc(CCNC(=O)Nc2ccc(F)c(F)c2)cc1OC. The van der Waals surface area contributed by atoms with Crippen LogP contribution >= 0.6 is 0 Å². The Morgan fingerprint density at radius 1 is 1.08 bits per heavy atom. The lowest BCUT2D eigenvalue weighted by Gasteiger charge is -2.11. The number of hydrogen-bond acceptors (Lipinski definition) is 3. The molecule has 2 rings (SSSR count). The first-order chi connectivity index (χ1) is 12.0. The molecule has 25 heavy (non-hydrogen) atoms. The van der Waals surface area contributed by atoms with E-state index in [4.69, 9.17) is 9.47 Å². The highest BCUT2D eigenvalue weighted by atomic mass is 19.2. The van der Waals surface area contributed by atoms with Crippen molar-refractivity contribution in [2.75, 3.05) is 25.6 Å². The quantitative estimate of drug-likeness (QED) is 0.800. The Morgan fingerprint density at radius 2 is 1.88 bits per heavy atom. The first-order valence-corrected chi connectivity index (χ1v) is 7.83. The summed E-state index contributed by atoms with van der Waals surface area (Å²) in [7, 11) is 1.56. The molecule has 0 bridgehead atoms. The number of urea groups is 1. The van der Waals surface area contributed by atoms with Gasteiger partial charge in [0.1, 0.15) is 0 Å². The maximum Gasteiger partial charge on any atom is 0.319 e. The molecule has 0 aliphatic rings. The van der Waals surface area contributed by atoms with Crippen molar-refractivity contribution in [2.45, 2.75) is 13.3 Å². The van der Waals surface area contributed by atoms with E-state index in [-0.39, 0.29) is 5.69 Å². The summed E-state index contributed by atoms with van der Waals surface area (Å²) in [5.41, 5.74) is 1.15. The molecule has 0 saturated carbocycles. The van der Waals surface area contributed by atoms with Crippen molar-refractivity contribution in [3.8, 4) is 11.5 Å². The van der Waals surface area contributed by atoms with Crippen LogP contribution in [-0.2, 0) is 6.42 Å². The Morgan fingerprint density at radius 3 is 2.56 bits per heavy atom. The summed E-state index contributed by atoms with van der Waals surface area (Å²) < 4.78 is 36.7. The number of halogens is 2. The van der Waals surface area contributed by atoms with Gasteiger partial charge in [-0.05, 0) is 43.2 Å². The van der Waals surface area contributed by atoms with E-state index >= 15 is 0 Å². The van der Waals surface area contributed by atoms with Crippen molar-refractivity contribution in [2.24, 2.45) is 0 Å². The Hall–Kier alpha value is -2.83. The second-order valence-electron chi connectivity index (χ2n) is 5.18. The molecule has 2 aromatic rings. The molecule has 7 heteroatoms. The summed E-state index contributed by atoms with van der Waals surface area (Å²) in [4.78, 5) is 11.8. The minimum Gasteiger partial charge on any atom is -0.493 e. The van der Waals surface area contributed by atoms with Crippen LogP contribution in [0.15, 0.2) is 36.4 Å². The zero-order valence-corrected chi connectivity index (χ0v) is 14.1. The number of hydrogen-bond donors (Lipinski definition) is 2. The molecule has 0 unspecified atom stereocenters. The fourth-order valence-corrected chi connectivity index (χ4v) is 2.21. The van der Waals surface area contributed by atoms with Gasteiger partial charge in [0.2, 0.25) is 0 Å². The lowest BCUT2D eigenvalue weighted by Crippen LogP contribution is -2.30. The summed E-state index contributed by atoms with van der Waals surface area (Å²) in [6.45, 7) is 2.80. The smallest absolute Gasteiger partial charge is 0.319 e. The average Bonchev–Trinajstić information content (AvgIpc) is 2.59. The van der Waals surface area contributed by atoms with Crippen molar-refractivity contribution in [1.82, 2.24) is 5.32 Å². The van der Waals surface area contributed by atoms with E-state index in [9.17, 15) is 13.6 Å². The third-order valence-corrected chi connectivity index (χ3v) is 3.40. The van der Waals surface area contributed by atoms with Gasteiger partial charge < -0.3 is 20.1 Å². The third kappa shape index (κ3) is 5.34. The number of carbonyl (C=O) groups excluding carboxylic acids is 1. The number of anilines is 1. The fourth-order valence-electron chi connectivity index (χ4n) is 2.21. The molecule has 5 nitrogen and oxygen atoms in total. The number of carbonyl (C=O) groups is 1. The number of rotatable bonds is 7. The van der Waals surface area contributed by atoms with Crippen LogP contribution in [0.1, 0.15) is 12.5 Å². The van der Waals surface area contributed by atoms with Crippen LogP contribution < -0.4 is 20.1 Å². The first kappa shape index (κ1) is 18.5. The Balaban J connectivity index is 1.85. The van der Waals surface area contributed by atoms with Crippen molar-refractivity contribution < 1.29 is 23.0 Å².